The molecule has 1 atom stereocenters. The zero-order chi connectivity index (χ0) is 7.98. The third-order valence-corrected chi connectivity index (χ3v) is 0.986. The Morgan fingerprint density at radius 3 is 2.70 bits per heavy atom. The lowest BCUT2D eigenvalue weighted by molar-refractivity contribution is 0.328. The number of nitrogens with two attached hydrogens (primary N) is 1. The van der Waals surface area contributed by atoms with Crippen molar-refractivity contribution in [3.8, 4) is 0 Å². The van der Waals surface area contributed by atoms with Crippen molar-refractivity contribution >= 4 is 0 Å². The largest absolute Gasteiger partial charge is 0.327 e. The van der Waals surface area contributed by atoms with Gasteiger partial charge in [-0.05, 0) is 6.08 Å². The van der Waals surface area contributed by atoms with Crippen molar-refractivity contribution in [1.82, 2.24) is 0 Å². The van der Waals surface area contributed by atoms with Crippen LogP contribution in [0.15, 0.2) is 24.6 Å². The van der Waals surface area contributed by atoms with Crippen LogP contribution in [0, 0.1) is 0 Å². The fourth-order valence-electron chi connectivity index (χ4n) is 0.499. The Morgan fingerprint density at radius 1 is 1.70 bits per heavy atom. The van der Waals surface area contributed by atoms with Crippen LogP contribution in [0.3, 0.4) is 0 Å². The second-order valence-corrected chi connectivity index (χ2v) is 1.82. The molecule has 0 aliphatic carbocycles. The van der Waals surface area contributed by atoms with Gasteiger partial charge in [0.25, 0.3) is 0 Å². The average Bonchev–Trinajstić information content (AvgIpc) is 1.89. The van der Waals surface area contributed by atoms with E-state index >= 15 is 0 Å². The summed E-state index contributed by atoms with van der Waals surface area (Å²) in [4.78, 5) is 0. The SMILES string of the molecule is C=CC[C@@H](F)/C(F)=C\CN. The molecule has 0 aromatic rings. The average molecular weight is 147 g/mol. The summed E-state index contributed by atoms with van der Waals surface area (Å²) < 4.78 is 24.8. The molecule has 3 heteroatoms. The van der Waals surface area contributed by atoms with Crippen LogP contribution in [-0.4, -0.2) is 12.7 Å². The first-order chi connectivity index (χ1) is 4.72. The van der Waals surface area contributed by atoms with Crippen molar-refractivity contribution in [2.75, 3.05) is 6.54 Å². The Balaban J connectivity index is 3.79. The van der Waals surface area contributed by atoms with Gasteiger partial charge in [0.2, 0.25) is 0 Å². The summed E-state index contributed by atoms with van der Waals surface area (Å²) >= 11 is 0. The Morgan fingerprint density at radius 2 is 2.30 bits per heavy atom. The Hall–Kier alpha value is -0.700. The van der Waals surface area contributed by atoms with Crippen molar-refractivity contribution in [1.29, 1.82) is 0 Å². The summed E-state index contributed by atoms with van der Waals surface area (Å²) in [5.74, 6) is -0.803. The van der Waals surface area contributed by atoms with Crippen molar-refractivity contribution in [2.24, 2.45) is 5.73 Å². The lowest BCUT2D eigenvalue weighted by Gasteiger charge is -1.99. The van der Waals surface area contributed by atoms with Crippen LogP contribution in [0.1, 0.15) is 6.42 Å². The minimum Gasteiger partial charge on any atom is -0.327 e. The molecule has 0 radical (unpaired) electrons. The molecule has 2 N–H and O–H groups in total. The molecule has 0 fully saturated rings. The highest BCUT2D eigenvalue weighted by atomic mass is 19.2. The molecule has 0 heterocycles. The van der Waals surface area contributed by atoms with E-state index in [2.05, 4.69) is 6.58 Å². The molecule has 0 unspecified atom stereocenters. The summed E-state index contributed by atoms with van der Waals surface area (Å²) in [6.07, 6.45) is 0.784. The van der Waals surface area contributed by atoms with Crippen LogP contribution in [0.4, 0.5) is 8.78 Å². The van der Waals surface area contributed by atoms with E-state index in [1.807, 2.05) is 0 Å². The predicted octanol–water partition coefficient (Wildman–Crippen LogP) is 1.71. The fourth-order valence-corrected chi connectivity index (χ4v) is 0.499. The maximum Gasteiger partial charge on any atom is 0.154 e. The molecule has 0 rings (SSSR count). The van der Waals surface area contributed by atoms with Crippen molar-refractivity contribution < 1.29 is 8.78 Å². The molecule has 0 aliphatic heterocycles. The molecule has 1 nitrogen and oxygen atoms in total. The third-order valence-electron chi connectivity index (χ3n) is 0.986. The van der Waals surface area contributed by atoms with Crippen LogP contribution in [0.5, 0.6) is 0 Å². The van der Waals surface area contributed by atoms with E-state index in [0.717, 1.165) is 6.08 Å². The lowest BCUT2D eigenvalue weighted by atomic mass is 10.2. The number of allylic oxidation sites excluding steroid dienone is 2. The monoisotopic (exact) mass is 147 g/mol. The second-order valence-electron chi connectivity index (χ2n) is 1.82. The lowest BCUT2D eigenvalue weighted by Crippen LogP contribution is -2.02. The summed E-state index contributed by atoms with van der Waals surface area (Å²) in [7, 11) is 0. The van der Waals surface area contributed by atoms with Gasteiger partial charge in [-0.3, -0.25) is 0 Å². The highest BCUT2D eigenvalue weighted by molar-refractivity contribution is 5.01. The Labute approximate surface area is 59.2 Å². The Kier molecular flexibility index (Phi) is 4.76. The molecule has 0 saturated carbocycles. The molecule has 10 heavy (non-hydrogen) atoms. The molecule has 0 aromatic heterocycles. The van der Waals surface area contributed by atoms with E-state index in [1.165, 1.54) is 6.08 Å². The highest BCUT2D eigenvalue weighted by Crippen LogP contribution is 2.11. The molecule has 0 saturated heterocycles. The van der Waals surface area contributed by atoms with Crippen LogP contribution < -0.4 is 5.73 Å². The predicted molar refractivity (Wildman–Crippen MR) is 38.0 cm³/mol. The van der Waals surface area contributed by atoms with Crippen LogP contribution in [-0.2, 0) is 0 Å². The third kappa shape index (κ3) is 3.35. The van der Waals surface area contributed by atoms with Gasteiger partial charge in [0.05, 0.1) is 0 Å². The van der Waals surface area contributed by atoms with Crippen molar-refractivity contribution in [3.05, 3.63) is 24.6 Å². The molecule has 0 amide bonds. The van der Waals surface area contributed by atoms with E-state index in [4.69, 9.17) is 5.73 Å². The van der Waals surface area contributed by atoms with Crippen molar-refractivity contribution in [3.63, 3.8) is 0 Å². The van der Waals surface area contributed by atoms with Gasteiger partial charge >= 0.3 is 0 Å². The van der Waals surface area contributed by atoms with Crippen LogP contribution in [0.2, 0.25) is 0 Å². The van der Waals surface area contributed by atoms with E-state index in [1.54, 1.807) is 0 Å². The maximum absolute atomic E-state index is 12.4. The number of rotatable bonds is 4. The first-order valence-electron chi connectivity index (χ1n) is 3.03. The Bertz CT molecular complexity index is 132. The summed E-state index contributed by atoms with van der Waals surface area (Å²) in [5.41, 5.74) is 4.95. The first-order valence-corrected chi connectivity index (χ1v) is 3.03. The number of halogens is 2. The molecule has 0 aliphatic rings. The summed E-state index contributed by atoms with van der Waals surface area (Å²) in [6, 6.07) is 0. The van der Waals surface area contributed by atoms with Gasteiger partial charge in [0.1, 0.15) is 5.83 Å². The minimum absolute atomic E-state index is 0.00231. The molecule has 0 spiro atoms. The van der Waals surface area contributed by atoms with Crippen molar-refractivity contribution in [2.45, 2.75) is 12.6 Å². The smallest absolute Gasteiger partial charge is 0.154 e. The summed E-state index contributed by atoms with van der Waals surface area (Å²) in [5, 5.41) is 0. The molecule has 58 valence electrons. The molecule has 0 aromatic carbocycles. The van der Waals surface area contributed by atoms with E-state index < -0.39 is 12.0 Å². The number of hydrogen-bond acceptors (Lipinski definition) is 1. The number of alkyl halides is 1. The van der Waals surface area contributed by atoms with Gasteiger partial charge < -0.3 is 5.73 Å². The van der Waals surface area contributed by atoms with E-state index in [9.17, 15) is 8.78 Å². The zero-order valence-electron chi connectivity index (χ0n) is 5.69. The normalized spacial score (nSPS) is 14.9. The van der Waals surface area contributed by atoms with Gasteiger partial charge in [0.15, 0.2) is 6.17 Å². The zero-order valence-corrected chi connectivity index (χ0v) is 5.69. The quantitative estimate of drug-likeness (QED) is 0.602. The molecular formula is C7H11F2N. The van der Waals surface area contributed by atoms with Crippen LogP contribution in [0.25, 0.3) is 0 Å². The van der Waals surface area contributed by atoms with Gasteiger partial charge in [-0.25, -0.2) is 8.78 Å². The van der Waals surface area contributed by atoms with Gasteiger partial charge in [-0.2, -0.15) is 0 Å². The van der Waals surface area contributed by atoms with Crippen LogP contribution >= 0.6 is 0 Å². The molecular weight excluding hydrogens is 136 g/mol. The highest BCUT2D eigenvalue weighted by Gasteiger charge is 2.08. The van der Waals surface area contributed by atoms with E-state index in [0.29, 0.717) is 0 Å². The minimum atomic E-state index is -1.57. The standard InChI is InChI=1S/C7H11F2N/c1-2-3-6(8)7(9)4-5-10/h2,4,6H,1,3,5,10H2/b7-4+/t6-/m1/s1. The maximum atomic E-state index is 12.4. The summed E-state index contributed by atoms with van der Waals surface area (Å²) in [6.45, 7) is 3.31. The molecule has 0 bridgehead atoms. The first kappa shape index (κ1) is 9.30. The van der Waals surface area contributed by atoms with Gasteiger partial charge in [0, 0.05) is 13.0 Å². The van der Waals surface area contributed by atoms with Gasteiger partial charge in [-0.1, -0.05) is 6.08 Å². The topological polar surface area (TPSA) is 26.0 Å². The second kappa shape index (κ2) is 5.11. The van der Waals surface area contributed by atoms with E-state index in [-0.39, 0.29) is 13.0 Å². The van der Waals surface area contributed by atoms with Gasteiger partial charge in [-0.15, -0.1) is 6.58 Å². The fraction of sp³-hybridized carbons (Fsp3) is 0.429. The number of hydrogen-bond donors (Lipinski definition) is 1.